The number of carbonyl (C=O) groups is 3. The molecule has 2 aliphatic carbocycles. The molecule has 0 spiro atoms. The first-order valence-corrected chi connectivity index (χ1v) is 11.9. The zero-order valence-corrected chi connectivity index (χ0v) is 20.1. The Morgan fingerprint density at radius 2 is 1.79 bits per heavy atom. The maximum atomic E-state index is 13.5. The number of amides is 3. The van der Waals surface area contributed by atoms with E-state index in [1.165, 1.54) is 11.0 Å². The van der Waals surface area contributed by atoms with Gasteiger partial charge in [0.15, 0.2) is 0 Å². The number of alkyl carbamates (subject to hydrolysis) is 1. The maximum Gasteiger partial charge on any atom is 0.408 e. The monoisotopic (exact) mass is 459 g/mol. The van der Waals surface area contributed by atoms with Crippen LogP contribution in [0.3, 0.4) is 0 Å². The van der Waals surface area contributed by atoms with Gasteiger partial charge in [-0.3, -0.25) is 9.59 Å². The van der Waals surface area contributed by atoms with Crippen LogP contribution in [0.2, 0.25) is 0 Å². The van der Waals surface area contributed by atoms with Crippen molar-refractivity contribution in [2.75, 3.05) is 6.54 Å². The summed E-state index contributed by atoms with van der Waals surface area (Å²) in [6, 6.07) is 5.57. The molecule has 2 saturated carbocycles. The Hall–Kier alpha value is -2.77. The number of nitrogens with one attached hydrogen (secondary N) is 2. The van der Waals surface area contributed by atoms with Crippen molar-refractivity contribution >= 4 is 17.9 Å². The van der Waals surface area contributed by atoms with Gasteiger partial charge in [0.25, 0.3) is 0 Å². The van der Waals surface area contributed by atoms with E-state index >= 15 is 0 Å². The molecule has 0 radical (unpaired) electrons. The molecule has 0 saturated heterocycles. The van der Waals surface area contributed by atoms with Crippen molar-refractivity contribution in [1.29, 1.82) is 0 Å². The molecule has 1 aromatic carbocycles. The van der Waals surface area contributed by atoms with E-state index in [4.69, 9.17) is 4.74 Å². The zero-order chi connectivity index (χ0) is 24.2. The summed E-state index contributed by atoms with van der Waals surface area (Å²) in [4.78, 5) is 40.5. The van der Waals surface area contributed by atoms with Gasteiger partial charge in [-0.15, -0.1) is 0 Å². The lowest BCUT2D eigenvalue weighted by Crippen LogP contribution is -2.50. The summed E-state index contributed by atoms with van der Waals surface area (Å²) < 4.78 is 5.24. The average molecular weight is 460 g/mol. The topological polar surface area (TPSA) is 108 Å². The number of carbonyl (C=O) groups excluding carboxylic acids is 3. The molecule has 0 bridgehead atoms. The van der Waals surface area contributed by atoms with Crippen LogP contribution in [0.4, 0.5) is 4.79 Å². The first-order chi connectivity index (χ1) is 15.6. The number of benzene rings is 1. The van der Waals surface area contributed by atoms with Gasteiger partial charge < -0.3 is 25.4 Å². The third kappa shape index (κ3) is 6.85. The van der Waals surface area contributed by atoms with Gasteiger partial charge in [0, 0.05) is 17.6 Å². The van der Waals surface area contributed by atoms with Gasteiger partial charge in [0.05, 0.1) is 0 Å². The van der Waals surface area contributed by atoms with E-state index in [1.807, 2.05) is 6.92 Å². The fourth-order valence-corrected chi connectivity index (χ4v) is 4.43. The van der Waals surface area contributed by atoms with Gasteiger partial charge in [-0.2, -0.15) is 0 Å². The minimum atomic E-state index is -0.976. The molecule has 3 unspecified atom stereocenters. The Morgan fingerprint density at radius 1 is 1.15 bits per heavy atom. The van der Waals surface area contributed by atoms with Crippen LogP contribution in [0.5, 0.6) is 5.75 Å². The number of para-hydroxylation sites is 1. The normalized spacial score (nSPS) is 21.6. The van der Waals surface area contributed by atoms with Crippen LogP contribution in [0.15, 0.2) is 24.3 Å². The fraction of sp³-hybridized carbons (Fsp3) is 0.640. The largest absolute Gasteiger partial charge is 0.508 e. The molecule has 0 heterocycles. The van der Waals surface area contributed by atoms with Crippen LogP contribution in [0.1, 0.15) is 77.8 Å². The smallest absolute Gasteiger partial charge is 0.408 e. The van der Waals surface area contributed by atoms with Gasteiger partial charge >= 0.3 is 6.09 Å². The highest BCUT2D eigenvalue weighted by Gasteiger charge is 2.47. The number of aromatic hydroxyl groups is 1. The molecule has 3 N–H and O–H groups in total. The van der Waals surface area contributed by atoms with E-state index in [-0.39, 0.29) is 42.1 Å². The molecule has 8 heteroatoms. The van der Waals surface area contributed by atoms with Crippen LogP contribution in [0.25, 0.3) is 0 Å². The summed E-state index contributed by atoms with van der Waals surface area (Å²) in [7, 11) is 0. The van der Waals surface area contributed by atoms with Crippen LogP contribution in [-0.2, 0) is 14.3 Å². The van der Waals surface area contributed by atoms with Crippen molar-refractivity contribution in [3.63, 3.8) is 0 Å². The molecule has 1 aromatic rings. The van der Waals surface area contributed by atoms with E-state index in [0.29, 0.717) is 5.56 Å². The quantitative estimate of drug-likeness (QED) is 0.577. The first kappa shape index (κ1) is 24.9. The highest BCUT2D eigenvalue weighted by atomic mass is 16.6. The summed E-state index contributed by atoms with van der Waals surface area (Å²) in [5, 5.41) is 16.2. The van der Waals surface area contributed by atoms with Gasteiger partial charge in [-0.25, -0.2) is 4.79 Å². The lowest BCUT2D eigenvalue weighted by atomic mass is 9.94. The van der Waals surface area contributed by atoms with Crippen LogP contribution >= 0.6 is 0 Å². The number of phenols is 1. The molecular formula is C25H37N3O5. The molecule has 2 aliphatic rings. The Labute approximate surface area is 196 Å². The summed E-state index contributed by atoms with van der Waals surface area (Å²) in [6.07, 6.45) is 5.18. The summed E-state index contributed by atoms with van der Waals surface area (Å²) in [5.41, 5.74) is -0.300. The first-order valence-electron chi connectivity index (χ1n) is 11.9. The van der Waals surface area contributed by atoms with E-state index in [0.717, 1.165) is 38.5 Å². The van der Waals surface area contributed by atoms with Crippen LogP contribution in [0, 0.1) is 5.92 Å². The second kappa shape index (κ2) is 10.4. The molecule has 8 nitrogen and oxygen atoms in total. The number of ether oxygens (including phenoxy) is 1. The van der Waals surface area contributed by atoms with E-state index < -0.39 is 17.7 Å². The zero-order valence-electron chi connectivity index (χ0n) is 20.1. The molecule has 2 fully saturated rings. The summed E-state index contributed by atoms with van der Waals surface area (Å²) >= 11 is 0. The second-order valence-corrected chi connectivity index (χ2v) is 10.2. The van der Waals surface area contributed by atoms with Crippen molar-refractivity contribution in [3.8, 4) is 5.75 Å². The molecule has 3 rings (SSSR count). The lowest BCUT2D eigenvalue weighted by Gasteiger charge is -2.34. The van der Waals surface area contributed by atoms with Crippen molar-refractivity contribution in [2.45, 2.75) is 89.9 Å². The third-order valence-corrected chi connectivity index (χ3v) is 6.20. The molecule has 3 atom stereocenters. The van der Waals surface area contributed by atoms with Gasteiger partial charge in [-0.1, -0.05) is 44.4 Å². The van der Waals surface area contributed by atoms with E-state index in [9.17, 15) is 19.5 Å². The van der Waals surface area contributed by atoms with Crippen LogP contribution in [-0.4, -0.2) is 52.1 Å². The Bertz CT molecular complexity index is 860. The van der Waals surface area contributed by atoms with Crippen molar-refractivity contribution < 1.29 is 24.2 Å². The predicted octanol–water partition coefficient (Wildman–Crippen LogP) is 3.64. The lowest BCUT2D eigenvalue weighted by molar-refractivity contribution is -0.141. The van der Waals surface area contributed by atoms with Crippen molar-refractivity contribution in [1.82, 2.24) is 15.5 Å². The van der Waals surface area contributed by atoms with Gasteiger partial charge in [0.2, 0.25) is 11.8 Å². The third-order valence-electron chi connectivity index (χ3n) is 6.20. The standard InChI is InChI=1S/C25H37N3O5/c1-16-14-19(16)28(21(30)15-26-24(32)33-25(2,3)4)22(18-12-8-9-13-20(18)29)23(31)27-17-10-6-5-7-11-17/h8-9,12-13,16-17,19,22,29H,5-7,10-11,14-15H2,1-4H3,(H,26,32)(H,27,31). The number of phenolic OH excluding ortho intramolecular Hbond substituents is 1. The molecule has 3 amide bonds. The maximum absolute atomic E-state index is 13.5. The molecule has 0 aromatic heterocycles. The van der Waals surface area contributed by atoms with Crippen molar-refractivity contribution in [3.05, 3.63) is 29.8 Å². The number of rotatable bonds is 7. The molecule has 182 valence electrons. The molecule has 33 heavy (non-hydrogen) atoms. The number of hydrogen-bond acceptors (Lipinski definition) is 5. The highest BCUT2D eigenvalue weighted by molar-refractivity contribution is 5.91. The van der Waals surface area contributed by atoms with Gasteiger partial charge in [-0.05, 0) is 52.0 Å². The Morgan fingerprint density at radius 3 is 2.36 bits per heavy atom. The summed E-state index contributed by atoms with van der Waals surface area (Å²) in [6.45, 7) is 6.97. The number of nitrogens with zero attached hydrogens (tertiary/aromatic N) is 1. The second-order valence-electron chi connectivity index (χ2n) is 10.2. The Kier molecular flexibility index (Phi) is 7.87. The number of hydrogen-bond donors (Lipinski definition) is 3. The predicted molar refractivity (Wildman–Crippen MR) is 125 cm³/mol. The Balaban J connectivity index is 1.84. The SMILES string of the molecule is CC1CC1N(C(=O)CNC(=O)OC(C)(C)C)C(C(=O)NC1CCCCC1)c1ccccc1O. The minimum Gasteiger partial charge on any atom is -0.508 e. The highest BCUT2D eigenvalue weighted by Crippen LogP contribution is 2.42. The summed E-state index contributed by atoms with van der Waals surface area (Å²) in [5.74, 6) is -0.491. The van der Waals surface area contributed by atoms with E-state index in [1.54, 1.807) is 39.0 Å². The molecule has 0 aliphatic heterocycles. The van der Waals surface area contributed by atoms with Crippen LogP contribution < -0.4 is 10.6 Å². The fourth-order valence-electron chi connectivity index (χ4n) is 4.43. The minimum absolute atomic E-state index is 0.0347. The van der Waals surface area contributed by atoms with Crippen molar-refractivity contribution in [2.24, 2.45) is 5.92 Å². The van der Waals surface area contributed by atoms with E-state index in [2.05, 4.69) is 10.6 Å². The van der Waals surface area contributed by atoms with Gasteiger partial charge in [0.1, 0.15) is 23.9 Å². The molecular weight excluding hydrogens is 422 g/mol. The average Bonchev–Trinajstić information content (AvgIpc) is 3.46.